The second-order valence-electron chi connectivity index (χ2n) is 5.37. The maximum Gasteiger partial charge on any atom is 0.164 e. The maximum absolute atomic E-state index is 6.03. The largest absolute Gasteiger partial charge is 0.383 e. The first kappa shape index (κ1) is 16.0. The van der Waals surface area contributed by atoms with Crippen LogP contribution < -0.4 is 5.73 Å². The van der Waals surface area contributed by atoms with Gasteiger partial charge in [-0.05, 0) is 31.9 Å². The van der Waals surface area contributed by atoms with Crippen molar-refractivity contribution in [2.45, 2.75) is 26.5 Å². The number of aromatic nitrogens is 4. The van der Waals surface area contributed by atoms with Crippen LogP contribution in [0.2, 0.25) is 0 Å². The highest BCUT2D eigenvalue weighted by molar-refractivity contribution is 5.90. The molecule has 2 heterocycles. The summed E-state index contributed by atoms with van der Waals surface area (Å²) in [7, 11) is 0. The molecule has 6 nitrogen and oxygen atoms in total. The third-order valence-corrected chi connectivity index (χ3v) is 3.54. The standard InChI is InChI=1S/C18H19N5O/c1-3-24-13(2)11-23-18-16(17(19)20-12-21-18)15(22-23)10-9-14-7-5-4-6-8-14/h4-8,12-13H,3,11H2,1-2H3,(H2,19,20,21). The van der Waals surface area contributed by atoms with E-state index < -0.39 is 0 Å². The van der Waals surface area contributed by atoms with Gasteiger partial charge >= 0.3 is 0 Å². The number of nitrogen functional groups attached to an aromatic ring is 1. The number of nitrogens with zero attached hydrogens (tertiary/aromatic N) is 4. The Labute approximate surface area is 140 Å². The van der Waals surface area contributed by atoms with E-state index in [1.54, 1.807) is 4.68 Å². The number of benzene rings is 1. The first-order valence-corrected chi connectivity index (χ1v) is 7.84. The van der Waals surface area contributed by atoms with E-state index in [4.69, 9.17) is 10.5 Å². The SMILES string of the molecule is CCOC(C)Cn1nc(C#Cc2ccccc2)c2c(N)ncnc21. The minimum Gasteiger partial charge on any atom is -0.383 e. The molecule has 1 unspecified atom stereocenters. The molecule has 0 fully saturated rings. The molecule has 1 atom stereocenters. The topological polar surface area (TPSA) is 78.9 Å². The summed E-state index contributed by atoms with van der Waals surface area (Å²) in [5, 5.41) is 5.25. The molecule has 2 aromatic heterocycles. The van der Waals surface area contributed by atoms with Crippen molar-refractivity contribution >= 4 is 16.9 Å². The normalized spacial score (nSPS) is 11.9. The van der Waals surface area contributed by atoms with Crippen LogP contribution in [-0.4, -0.2) is 32.5 Å². The van der Waals surface area contributed by atoms with Gasteiger partial charge in [0, 0.05) is 12.2 Å². The summed E-state index contributed by atoms with van der Waals surface area (Å²) in [5.41, 5.74) is 8.19. The molecule has 24 heavy (non-hydrogen) atoms. The fraction of sp³-hybridized carbons (Fsp3) is 0.278. The lowest BCUT2D eigenvalue weighted by Gasteiger charge is -2.11. The quantitative estimate of drug-likeness (QED) is 0.746. The highest BCUT2D eigenvalue weighted by Gasteiger charge is 2.15. The number of fused-ring (bicyclic) bond motifs is 1. The van der Waals surface area contributed by atoms with E-state index in [9.17, 15) is 0 Å². The number of hydrogen-bond donors (Lipinski definition) is 1. The molecule has 0 saturated carbocycles. The van der Waals surface area contributed by atoms with Gasteiger partial charge in [-0.1, -0.05) is 24.1 Å². The number of nitrogens with two attached hydrogens (primary N) is 1. The minimum absolute atomic E-state index is 0.0178. The smallest absolute Gasteiger partial charge is 0.164 e. The average Bonchev–Trinajstić information content (AvgIpc) is 2.93. The van der Waals surface area contributed by atoms with Gasteiger partial charge in [-0.25, -0.2) is 14.6 Å². The highest BCUT2D eigenvalue weighted by atomic mass is 16.5. The van der Waals surface area contributed by atoms with Crippen LogP contribution in [0.3, 0.4) is 0 Å². The Morgan fingerprint density at radius 1 is 1.21 bits per heavy atom. The second-order valence-corrected chi connectivity index (χ2v) is 5.37. The van der Waals surface area contributed by atoms with Gasteiger partial charge in [0.2, 0.25) is 0 Å². The molecule has 3 rings (SSSR count). The lowest BCUT2D eigenvalue weighted by atomic mass is 10.2. The molecule has 0 aliphatic heterocycles. The van der Waals surface area contributed by atoms with Gasteiger partial charge < -0.3 is 10.5 Å². The van der Waals surface area contributed by atoms with Gasteiger partial charge in [0.05, 0.1) is 18.0 Å². The summed E-state index contributed by atoms with van der Waals surface area (Å²) in [6, 6.07) is 9.74. The molecule has 0 spiro atoms. The van der Waals surface area contributed by atoms with Crippen molar-refractivity contribution in [1.82, 2.24) is 19.7 Å². The fourth-order valence-electron chi connectivity index (χ4n) is 2.48. The zero-order valence-corrected chi connectivity index (χ0v) is 13.7. The van der Waals surface area contributed by atoms with Crippen molar-refractivity contribution < 1.29 is 4.74 Å². The average molecular weight is 321 g/mol. The van der Waals surface area contributed by atoms with Gasteiger partial charge in [-0.2, -0.15) is 5.10 Å². The fourth-order valence-corrected chi connectivity index (χ4v) is 2.48. The molecule has 0 aliphatic rings. The molecule has 2 N–H and O–H groups in total. The number of rotatable bonds is 4. The zero-order chi connectivity index (χ0) is 16.9. The van der Waals surface area contributed by atoms with Crippen LogP contribution in [0.4, 0.5) is 5.82 Å². The highest BCUT2D eigenvalue weighted by Crippen LogP contribution is 2.21. The minimum atomic E-state index is 0.0178. The number of ether oxygens (including phenoxy) is 1. The van der Waals surface area contributed by atoms with E-state index >= 15 is 0 Å². The predicted molar refractivity (Wildman–Crippen MR) is 93.2 cm³/mol. The Morgan fingerprint density at radius 2 is 2.00 bits per heavy atom. The van der Waals surface area contributed by atoms with Crippen molar-refractivity contribution in [2.24, 2.45) is 0 Å². The van der Waals surface area contributed by atoms with Gasteiger partial charge in [0.1, 0.15) is 17.8 Å². The summed E-state index contributed by atoms with van der Waals surface area (Å²) in [6.07, 6.45) is 1.46. The van der Waals surface area contributed by atoms with Crippen molar-refractivity contribution in [3.63, 3.8) is 0 Å². The molecule has 0 aliphatic carbocycles. The zero-order valence-electron chi connectivity index (χ0n) is 13.7. The summed E-state index contributed by atoms with van der Waals surface area (Å²) in [6.45, 7) is 5.19. The van der Waals surface area contributed by atoms with Gasteiger partial charge in [-0.15, -0.1) is 0 Å². The van der Waals surface area contributed by atoms with Crippen molar-refractivity contribution in [3.8, 4) is 11.8 Å². The molecule has 0 amide bonds. The predicted octanol–water partition coefficient (Wildman–Crippen LogP) is 2.23. The van der Waals surface area contributed by atoms with Crippen LogP contribution in [0, 0.1) is 11.8 Å². The van der Waals surface area contributed by atoms with Gasteiger partial charge in [0.15, 0.2) is 5.65 Å². The summed E-state index contributed by atoms with van der Waals surface area (Å²) in [5.74, 6) is 6.57. The first-order valence-electron chi connectivity index (χ1n) is 7.84. The van der Waals surface area contributed by atoms with Crippen LogP contribution in [0.1, 0.15) is 25.1 Å². The van der Waals surface area contributed by atoms with Crippen LogP contribution in [0.25, 0.3) is 11.0 Å². The third-order valence-electron chi connectivity index (χ3n) is 3.54. The van der Waals surface area contributed by atoms with E-state index in [-0.39, 0.29) is 6.10 Å². The third kappa shape index (κ3) is 3.36. The monoisotopic (exact) mass is 321 g/mol. The first-order chi connectivity index (χ1) is 11.7. The Kier molecular flexibility index (Phi) is 4.73. The van der Waals surface area contributed by atoms with Crippen molar-refractivity contribution in [3.05, 3.63) is 47.9 Å². The van der Waals surface area contributed by atoms with Crippen LogP contribution >= 0.6 is 0 Å². The second kappa shape index (κ2) is 7.11. The lowest BCUT2D eigenvalue weighted by molar-refractivity contribution is 0.0622. The van der Waals surface area contributed by atoms with E-state index in [1.807, 2.05) is 44.2 Å². The molecule has 0 radical (unpaired) electrons. The van der Waals surface area contributed by atoms with Crippen LogP contribution in [-0.2, 0) is 11.3 Å². The Hall–Kier alpha value is -2.91. The molecular weight excluding hydrogens is 302 g/mol. The Bertz CT molecular complexity index is 892. The molecule has 0 bridgehead atoms. The number of anilines is 1. The van der Waals surface area contributed by atoms with Crippen LogP contribution in [0.5, 0.6) is 0 Å². The van der Waals surface area contributed by atoms with Gasteiger partial charge in [-0.3, -0.25) is 0 Å². The summed E-state index contributed by atoms with van der Waals surface area (Å²) < 4.78 is 7.37. The Balaban J connectivity index is 2.03. The maximum atomic E-state index is 6.03. The lowest BCUT2D eigenvalue weighted by Crippen LogP contribution is -2.17. The molecule has 6 heteroatoms. The molecular formula is C18H19N5O. The van der Waals surface area contributed by atoms with Crippen molar-refractivity contribution in [2.75, 3.05) is 12.3 Å². The van der Waals surface area contributed by atoms with Crippen molar-refractivity contribution in [1.29, 1.82) is 0 Å². The molecule has 0 saturated heterocycles. The van der Waals surface area contributed by atoms with E-state index in [0.29, 0.717) is 35.7 Å². The van der Waals surface area contributed by atoms with E-state index in [1.165, 1.54) is 6.33 Å². The molecule has 3 aromatic rings. The summed E-state index contributed by atoms with van der Waals surface area (Å²) in [4.78, 5) is 8.38. The summed E-state index contributed by atoms with van der Waals surface area (Å²) >= 11 is 0. The van der Waals surface area contributed by atoms with Crippen LogP contribution in [0.15, 0.2) is 36.7 Å². The van der Waals surface area contributed by atoms with E-state index in [2.05, 4.69) is 26.9 Å². The molecule has 122 valence electrons. The Morgan fingerprint density at radius 3 is 2.75 bits per heavy atom. The van der Waals surface area contributed by atoms with Gasteiger partial charge in [0.25, 0.3) is 0 Å². The number of hydrogen-bond acceptors (Lipinski definition) is 5. The molecule has 1 aromatic carbocycles. The van der Waals surface area contributed by atoms with E-state index in [0.717, 1.165) is 5.56 Å².